The summed E-state index contributed by atoms with van der Waals surface area (Å²) in [6.45, 7) is 1.29. The first-order valence-corrected chi connectivity index (χ1v) is 11.3. The zero-order valence-corrected chi connectivity index (χ0v) is 18.5. The third-order valence-corrected chi connectivity index (χ3v) is 6.71. The normalized spacial score (nSPS) is 13.2. The van der Waals surface area contributed by atoms with E-state index in [1.165, 1.54) is 16.2 Å². The van der Waals surface area contributed by atoms with Gasteiger partial charge in [-0.25, -0.2) is 4.68 Å². The monoisotopic (exact) mass is 437 g/mol. The van der Waals surface area contributed by atoms with E-state index >= 15 is 0 Å². The first kappa shape index (κ1) is 21.3. The lowest BCUT2D eigenvalue weighted by Gasteiger charge is -2.15. The predicted octanol–water partition coefficient (Wildman–Crippen LogP) is 3.37. The Balaban J connectivity index is 1.32. The van der Waals surface area contributed by atoms with Crippen molar-refractivity contribution in [1.82, 2.24) is 14.7 Å². The number of carbonyl (C=O) groups excluding carboxylic acids is 2. The van der Waals surface area contributed by atoms with Gasteiger partial charge in [0.25, 0.3) is 5.91 Å². The van der Waals surface area contributed by atoms with Crippen LogP contribution in [-0.2, 0) is 24.2 Å². The van der Waals surface area contributed by atoms with E-state index in [0.717, 1.165) is 42.5 Å². The Morgan fingerprint density at radius 3 is 2.77 bits per heavy atom. The van der Waals surface area contributed by atoms with Crippen molar-refractivity contribution in [2.24, 2.45) is 5.73 Å². The van der Waals surface area contributed by atoms with E-state index in [1.807, 2.05) is 54.5 Å². The third kappa shape index (κ3) is 5.03. The topological polar surface area (TPSA) is 93.2 Å². The van der Waals surface area contributed by atoms with Crippen LogP contribution in [-0.4, -0.2) is 40.1 Å². The van der Waals surface area contributed by atoms with Crippen molar-refractivity contribution in [2.45, 2.75) is 38.6 Å². The molecule has 3 N–H and O–H groups in total. The van der Waals surface area contributed by atoms with Crippen LogP contribution in [0, 0.1) is 0 Å². The van der Waals surface area contributed by atoms with E-state index in [-0.39, 0.29) is 5.91 Å². The number of hydrogen-bond acceptors (Lipinski definition) is 5. The Kier molecular flexibility index (Phi) is 6.48. The van der Waals surface area contributed by atoms with E-state index in [1.54, 1.807) is 0 Å². The lowest BCUT2D eigenvalue weighted by atomic mass is 9.95. The lowest BCUT2D eigenvalue weighted by molar-refractivity contribution is -0.116. The number of anilines is 1. The van der Waals surface area contributed by atoms with Crippen molar-refractivity contribution in [3.63, 3.8) is 0 Å². The Morgan fingerprint density at radius 1 is 1.23 bits per heavy atom. The van der Waals surface area contributed by atoms with Gasteiger partial charge in [0.2, 0.25) is 5.91 Å². The highest BCUT2D eigenvalue weighted by atomic mass is 32.1. The van der Waals surface area contributed by atoms with Crippen LogP contribution < -0.4 is 11.1 Å². The molecular formula is C23H27N5O2S. The highest BCUT2D eigenvalue weighted by Gasteiger charge is 2.24. The Morgan fingerprint density at radius 2 is 2.00 bits per heavy atom. The Labute approximate surface area is 185 Å². The zero-order chi connectivity index (χ0) is 21.8. The summed E-state index contributed by atoms with van der Waals surface area (Å²) < 4.78 is 1.85. The summed E-state index contributed by atoms with van der Waals surface area (Å²) in [4.78, 5) is 27.8. The number of thiophene rings is 1. The molecule has 162 valence electrons. The summed E-state index contributed by atoms with van der Waals surface area (Å²) >= 11 is 1.50. The molecule has 0 spiro atoms. The van der Waals surface area contributed by atoms with Crippen molar-refractivity contribution < 1.29 is 9.59 Å². The molecule has 2 aromatic heterocycles. The molecule has 1 aromatic carbocycles. The summed E-state index contributed by atoms with van der Waals surface area (Å²) in [5, 5.41) is 7.95. The molecule has 0 bridgehead atoms. The number of nitrogens with one attached hydrogen (secondary N) is 1. The number of aryl methyl sites for hydroxylation is 1. The minimum Gasteiger partial charge on any atom is -0.365 e. The molecule has 0 atom stereocenters. The fraction of sp³-hybridized carbons (Fsp3) is 0.348. The van der Waals surface area contributed by atoms with Crippen molar-refractivity contribution in [2.75, 3.05) is 18.9 Å². The number of primary amides is 1. The number of carbonyl (C=O) groups is 2. The highest BCUT2D eigenvalue weighted by molar-refractivity contribution is 7.17. The lowest BCUT2D eigenvalue weighted by Crippen LogP contribution is -2.24. The minimum atomic E-state index is -0.456. The first-order chi connectivity index (χ1) is 15.0. The summed E-state index contributed by atoms with van der Waals surface area (Å²) in [5.74, 6) is -0.560. The number of rotatable bonds is 8. The largest absolute Gasteiger partial charge is 0.365 e. The summed E-state index contributed by atoms with van der Waals surface area (Å²) in [6.07, 6.45) is 8.17. The molecule has 7 nitrogen and oxygen atoms in total. The average Bonchev–Trinajstić information content (AvgIpc) is 3.37. The summed E-state index contributed by atoms with van der Waals surface area (Å²) in [6, 6.07) is 9.95. The number of fused-ring (bicyclic) bond motifs is 1. The number of para-hydroxylation sites is 1. The zero-order valence-electron chi connectivity index (χ0n) is 17.6. The molecule has 4 rings (SSSR count). The van der Waals surface area contributed by atoms with Gasteiger partial charge in [0, 0.05) is 36.1 Å². The van der Waals surface area contributed by atoms with Gasteiger partial charge in [0.05, 0.1) is 17.4 Å². The second-order valence-electron chi connectivity index (χ2n) is 7.94. The SMILES string of the molecule is CN(CCC(=O)Nc1sc2c(c1C(N)=O)CCCC2)Cc1cnn(-c2ccccc2)c1. The fourth-order valence-corrected chi connectivity index (χ4v) is 5.26. The van der Waals surface area contributed by atoms with Gasteiger partial charge in [-0.05, 0) is 50.4 Å². The van der Waals surface area contributed by atoms with Crippen molar-refractivity contribution in [3.8, 4) is 5.69 Å². The molecule has 0 radical (unpaired) electrons. The molecule has 0 aliphatic heterocycles. The molecule has 8 heteroatoms. The Bertz CT molecular complexity index is 1070. The van der Waals surface area contributed by atoms with Gasteiger partial charge in [-0.15, -0.1) is 11.3 Å². The van der Waals surface area contributed by atoms with E-state index < -0.39 is 5.91 Å². The summed E-state index contributed by atoms with van der Waals surface area (Å²) in [7, 11) is 1.98. The number of nitrogens with two attached hydrogens (primary N) is 1. The molecular weight excluding hydrogens is 410 g/mol. The van der Waals surface area contributed by atoms with Gasteiger partial charge >= 0.3 is 0 Å². The number of benzene rings is 1. The molecule has 31 heavy (non-hydrogen) atoms. The number of nitrogens with zero attached hydrogens (tertiary/aromatic N) is 3. The maximum atomic E-state index is 12.5. The van der Waals surface area contributed by atoms with Crippen molar-refractivity contribution >= 4 is 28.2 Å². The van der Waals surface area contributed by atoms with E-state index in [0.29, 0.717) is 30.1 Å². The van der Waals surface area contributed by atoms with Crippen molar-refractivity contribution in [3.05, 3.63) is 64.3 Å². The molecule has 1 aliphatic carbocycles. The van der Waals surface area contributed by atoms with Crippen LogP contribution in [0.1, 0.15) is 45.6 Å². The van der Waals surface area contributed by atoms with Gasteiger partial charge in [-0.2, -0.15) is 5.10 Å². The average molecular weight is 438 g/mol. The van der Waals surface area contributed by atoms with Crippen LogP contribution in [0.5, 0.6) is 0 Å². The van der Waals surface area contributed by atoms with Crippen molar-refractivity contribution in [1.29, 1.82) is 0 Å². The second kappa shape index (κ2) is 9.45. The number of hydrogen-bond donors (Lipinski definition) is 2. The predicted molar refractivity (Wildman–Crippen MR) is 123 cm³/mol. The van der Waals surface area contributed by atoms with Crippen LogP contribution in [0.2, 0.25) is 0 Å². The minimum absolute atomic E-state index is 0.104. The first-order valence-electron chi connectivity index (χ1n) is 10.5. The molecule has 2 amide bonds. The molecule has 1 aliphatic rings. The van der Waals surface area contributed by atoms with Crippen LogP contribution in [0.25, 0.3) is 5.69 Å². The summed E-state index contributed by atoms with van der Waals surface area (Å²) in [5.41, 5.74) is 9.25. The van der Waals surface area contributed by atoms with Crippen LogP contribution in [0.3, 0.4) is 0 Å². The van der Waals surface area contributed by atoms with Gasteiger partial charge in [0.1, 0.15) is 5.00 Å². The molecule has 0 unspecified atom stereocenters. The van der Waals surface area contributed by atoms with Crippen LogP contribution in [0.4, 0.5) is 5.00 Å². The van der Waals surface area contributed by atoms with Crippen LogP contribution in [0.15, 0.2) is 42.7 Å². The standard InChI is InChI=1S/C23H27N5O2S/c1-27(14-16-13-25-28(15-16)17-7-3-2-4-8-17)12-11-20(29)26-23-21(22(24)30)18-9-5-6-10-19(18)31-23/h2-4,7-8,13,15H,5-6,9-12,14H2,1H3,(H2,24,30)(H,26,29). The van der Waals surface area contributed by atoms with E-state index in [2.05, 4.69) is 15.3 Å². The van der Waals surface area contributed by atoms with Gasteiger partial charge in [-0.3, -0.25) is 9.59 Å². The van der Waals surface area contributed by atoms with E-state index in [4.69, 9.17) is 5.73 Å². The van der Waals surface area contributed by atoms with Gasteiger partial charge in [-0.1, -0.05) is 18.2 Å². The molecule has 0 saturated heterocycles. The molecule has 3 aromatic rings. The molecule has 2 heterocycles. The second-order valence-corrected chi connectivity index (χ2v) is 9.05. The molecule has 0 fully saturated rings. The maximum absolute atomic E-state index is 12.5. The highest BCUT2D eigenvalue weighted by Crippen LogP contribution is 2.37. The van der Waals surface area contributed by atoms with Crippen LogP contribution >= 0.6 is 11.3 Å². The van der Waals surface area contributed by atoms with Gasteiger partial charge in [0.15, 0.2) is 0 Å². The number of aromatic nitrogens is 2. The van der Waals surface area contributed by atoms with E-state index in [9.17, 15) is 9.59 Å². The van der Waals surface area contributed by atoms with Gasteiger partial charge < -0.3 is 16.0 Å². The number of amides is 2. The fourth-order valence-electron chi connectivity index (χ4n) is 3.95. The Hall–Kier alpha value is -2.97. The third-order valence-electron chi connectivity index (χ3n) is 5.50. The smallest absolute Gasteiger partial charge is 0.251 e. The molecule has 0 saturated carbocycles. The maximum Gasteiger partial charge on any atom is 0.251 e. The quantitative estimate of drug-likeness (QED) is 0.565.